The molecule has 1 rings (SSSR count). The Morgan fingerprint density at radius 3 is 2.50 bits per heavy atom. The Morgan fingerprint density at radius 1 is 1.23 bits per heavy atom. The van der Waals surface area contributed by atoms with Crippen LogP contribution in [0.2, 0.25) is 0 Å². The number of rotatable bonds is 10. The van der Waals surface area contributed by atoms with Crippen LogP contribution in [0.5, 0.6) is 0 Å². The average molecular weight is 328 g/mol. The van der Waals surface area contributed by atoms with Gasteiger partial charge < -0.3 is 10.1 Å². The Balaban J connectivity index is 2.31. The first-order chi connectivity index (χ1) is 10.4. The molecule has 0 spiro atoms. The number of hydrogen-bond acceptors (Lipinski definition) is 4. The van der Waals surface area contributed by atoms with E-state index in [1.807, 2.05) is 30.3 Å². The zero-order chi connectivity index (χ0) is 16.4. The molecule has 1 aromatic carbocycles. The van der Waals surface area contributed by atoms with Crippen LogP contribution in [0.1, 0.15) is 12.0 Å². The summed E-state index contributed by atoms with van der Waals surface area (Å²) in [7, 11) is -1.81. The number of carbonyl (C=O) groups excluding carboxylic acids is 1. The molecular weight excluding hydrogens is 304 g/mol. The lowest BCUT2D eigenvalue weighted by atomic mass is 10.1. The van der Waals surface area contributed by atoms with Crippen molar-refractivity contribution in [3.63, 3.8) is 0 Å². The fraction of sp³-hybridized carbons (Fsp3) is 0.533. The highest BCUT2D eigenvalue weighted by atomic mass is 32.2. The molecule has 0 heterocycles. The normalized spacial score (nSPS) is 11.6. The molecule has 124 valence electrons. The minimum absolute atomic E-state index is 0.144. The van der Waals surface area contributed by atoms with Crippen molar-refractivity contribution in [2.24, 2.45) is 0 Å². The zero-order valence-electron chi connectivity index (χ0n) is 13.1. The van der Waals surface area contributed by atoms with Crippen molar-refractivity contribution in [1.29, 1.82) is 0 Å². The summed E-state index contributed by atoms with van der Waals surface area (Å²) in [4.78, 5) is 11.8. The maximum Gasteiger partial charge on any atom is 0.221 e. The summed E-state index contributed by atoms with van der Waals surface area (Å²) in [6, 6.07) is 9.86. The summed E-state index contributed by atoms with van der Waals surface area (Å²) in [6.07, 6.45) is 2.04. The van der Waals surface area contributed by atoms with Gasteiger partial charge in [0, 0.05) is 33.2 Å². The van der Waals surface area contributed by atoms with E-state index in [1.165, 1.54) is 11.4 Å². The smallest absolute Gasteiger partial charge is 0.221 e. The van der Waals surface area contributed by atoms with Gasteiger partial charge in [-0.15, -0.1) is 0 Å². The lowest BCUT2D eigenvalue weighted by molar-refractivity contribution is -0.121. The van der Waals surface area contributed by atoms with Crippen LogP contribution in [0.4, 0.5) is 0 Å². The van der Waals surface area contributed by atoms with Gasteiger partial charge in [0.2, 0.25) is 15.9 Å². The topological polar surface area (TPSA) is 75.7 Å². The number of ether oxygens (including phenoxy) is 1. The third-order valence-corrected chi connectivity index (χ3v) is 4.48. The lowest BCUT2D eigenvalue weighted by Gasteiger charge is -2.19. The molecule has 1 amide bonds. The second kappa shape index (κ2) is 9.55. The number of amides is 1. The number of nitrogens with one attached hydrogen (secondary N) is 1. The highest BCUT2D eigenvalue weighted by molar-refractivity contribution is 7.88. The maximum atomic E-state index is 11.8. The number of nitrogens with zero attached hydrogens (tertiary/aromatic N) is 1. The van der Waals surface area contributed by atoms with Gasteiger partial charge in [-0.2, -0.15) is 4.31 Å². The van der Waals surface area contributed by atoms with Gasteiger partial charge in [0.15, 0.2) is 0 Å². The molecule has 0 atom stereocenters. The molecule has 0 aliphatic rings. The summed E-state index contributed by atoms with van der Waals surface area (Å²) < 4.78 is 29.3. The van der Waals surface area contributed by atoms with Crippen LogP contribution >= 0.6 is 0 Å². The Labute approximate surface area is 132 Å². The molecule has 7 heteroatoms. The minimum Gasteiger partial charge on any atom is -0.383 e. The Morgan fingerprint density at radius 2 is 1.91 bits per heavy atom. The van der Waals surface area contributed by atoms with Crippen LogP contribution in [-0.4, -0.2) is 58.2 Å². The van der Waals surface area contributed by atoms with Crippen molar-refractivity contribution >= 4 is 15.9 Å². The van der Waals surface area contributed by atoms with Crippen molar-refractivity contribution in [3.8, 4) is 0 Å². The fourth-order valence-corrected chi connectivity index (χ4v) is 2.77. The second-order valence-corrected chi connectivity index (χ2v) is 6.97. The summed E-state index contributed by atoms with van der Waals surface area (Å²) in [6.45, 7) is 1.27. The first-order valence-electron chi connectivity index (χ1n) is 7.18. The van der Waals surface area contributed by atoms with E-state index in [4.69, 9.17) is 4.74 Å². The van der Waals surface area contributed by atoms with E-state index in [0.717, 1.165) is 18.2 Å². The quantitative estimate of drug-likeness (QED) is 0.684. The van der Waals surface area contributed by atoms with Gasteiger partial charge in [-0.3, -0.25) is 4.79 Å². The van der Waals surface area contributed by atoms with Crippen LogP contribution in [-0.2, 0) is 26.0 Å². The predicted molar refractivity (Wildman–Crippen MR) is 86.1 cm³/mol. The van der Waals surface area contributed by atoms with Gasteiger partial charge >= 0.3 is 0 Å². The van der Waals surface area contributed by atoms with Crippen LogP contribution in [0.25, 0.3) is 0 Å². The minimum atomic E-state index is -3.32. The third kappa shape index (κ3) is 7.53. The molecule has 1 aromatic rings. The Kier molecular flexibility index (Phi) is 8.08. The monoisotopic (exact) mass is 328 g/mol. The molecule has 1 N–H and O–H groups in total. The van der Waals surface area contributed by atoms with Crippen LogP contribution in [0.15, 0.2) is 30.3 Å². The van der Waals surface area contributed by atoms with E-state index < -0.39 is 10.0 Å². The molecule has 0 aliphatic carbocycles. The first kappa shape index (κ1) is 18.6. The lowest BCUT2D eigenvalue weighted by Crippen LogP contribution is -2.37. The van der Waals surface area contributed by atoms with Crippen molar-refractivity contribution in [3.05, 3.63) is 35.9 Å². The van der Waals surface area contributed by atoms with E-state index in [-0.39, 0.29) is 25.4 Å². The number of sulfonamides is 1. The van der Waals surface area contributed by atoms with E-state index in [2.05, 4.69) is 5.32 Å². The Bertz CT molecular complexity index is 546. The van der Waals surface area contributed by atoms with Crippen LogP contribution in [0.3, 0.4) is 0 Å². The SMILES string of the molecule is COCCN(CCC(=O)NCCc1ccccc1)S(C)(=O)=O. The van der Waals surface area contributed by atoms with E-state index in [1.54, 1.807) is 0 Å². The maximum absolute atomic E-state index is 11.8. The predicted octanol–water partition coefficient (Wildman–Crippen LogP) is 0.643. The van der Waals surface area contributed by atoms with Crippen molar-refractivity contribution in [1.82, 2.24) is 9.62 Å². The summed E-state index contributed by atoms with van der Waals surface area (Å²) in [5.74, 6) is -0.151. The molecule has 0 radical (unpaired) electrons. The van der Waals surface area contributed by atoms with Crippen LogP contribution < -0.4 is 5.32 Å². The van der Waals surface area contributed by atoms with Gasteiger partial charge in [-0.05, 0) is 12.0 Å². The van der Waals surface area contributed by atoms with Crippen LogP contribution in [0, 0.1) is 0 Å². The van der Waals surface area contributed by atoms with Crippen molar-refractivity contribution in [2.45, 2.75) is 12.8 Å². The fourth-order valence-electron chi connectivity index (χ4n) is 1.94. The summed E-state index contributed by atoms with van der Waals surface area (Å²) in [5, 5.41) is 2.80. The molecule has 22 heavy (non-hydrogen) atoms. The van der Waals surface area contributed by atoms with Gasteiger partial charge in [-0.1, -0.05) is 30.3 Å². The van der Waals surface area contributed by atoms with Gasteiger partial charge in [0.05, 0.1) is 12.9 Å². The molecule has 0 saturated carbocycles. The highest BCUT2D eigenvalue weighted by Gasteiger charge is 2.17. The second-order valence-electron chi connectivity index (χ2n) is 4.99. The zero-order valence-corrected chi connectivity index (χ0v) is 13.9. The standard InChI is InChI=1S/C15H24N2O4S/c1-21-13-12-17(22(2,19)20)11-9-15(18)16-10-8-14-6-4-3-5-7-14/h3-7H,8-13H2,1-2H3,(H,16,18). The van der Waals surface area contributed by atoms with E-state index >= 15 is 0 Å². The molecule has 0 saturated heterocycles. The Hall–Kier alpha value is -1.44. The van der Waals surface area contributed by atoms with Crippen molar-refractivity contribution in [2.75, 3.05) is 39.6 Å². The first-order valence-corrected chi connectivity index (χ1v) is 9.03. The van der Waals surface area contributed by atoms with Gasteiger partial charge in [0.1, 0.15) is 0 Å². The number of methoxy groups -OCH3 is 1. The van der Waals surface area contributed by atoms with E-state index in [0.29, 0.717) is 13.2 Å². The molecule has 0 unspecified atom stereocenters. The summed E-state index contributed by atoms with van der Waals surface area (Å²) >= 11 is 0. The highest BCUT2D eigenvalue weighted by Crippen LogP contribution is 2.01. The molecule has 6 nitrogen and oxygen atoms in total. The average Bonchev–Trinajstić information content (AvgIpc) is 2.47. The van der Waals surface area contributed by atoms with Gasteiger partial charge in [0.25, 0.3) is 0 Å². The molecule has 0 aliphatic heterocycles. The van der Waals surface area contributed by atoms with Crippen molar-refractivity contribution < 1.29 is 17.9 Å². The molecule has 0 fully saturated rings. The van der Waals surface area contributed by atoms with E-state index in [9.17, 15) is 13.2 Å². The molecular formula is C15H24N2O4S. The largest absolute Gasteiger partial charge is 0.383 e. The third-order valence-electron chi connectivity index (χ3n) is 3.18. The summed E-state index contributed by atoms with van der Waals surface area (Å²) in [5.41, 5.74) is 1.15. The number of hydrogen-bond donors (Lipinski definition) is 1. The molecule has 0 aromatic heterocycles. The van der Waals surface area contributed by atoms with Gasteiger partial charge in [-0.25, -0.2) is 8.42 Å². The number of benzene rings is 1. The molecule has 0 bridgehead atoms. The number of carbonyl (C=O) groups is 1.